The summed E-state index contributed by atoms with van der Waals surface area (Å²) in [6.45, 7) is 16.9. The van der Waals surface area contributed by atoms with Gasteiger partial charge in [0.25, 0.3) is 0 Å². The van der Waals surface area contributed by atoms with Crippen LogP contribution < -0.4 is 0 Å². The van der Waals surface area contributed by atoms with Crippen LogP contribution in [0.5, 0.6) is 0 Å². The lowest BCUT2D eigenvalue weighted by Crippen LogP contribution is -2.58. The Morgan fingerprint density at radius 2 is 1.83 bits per heavy atom. The second kappa shape index (κ2) is 23.1. The number of rotatable bonds is 17. The maximum Gasteiger partial charge on any atom is 0.411 e. The highest BCUT2D eigenvalue weighted by molar-refractivity contribution is 5.90. The molecule has 0 aromatic carbocycles. The van der Waals surface area contributed by atoms with Gasteiger partial charge in [0.05, 0.1) is 69.9 Å². The zero-order valence-corrected chi connectivity index (χ0v) is 36.1. The van der Waals surface area contributed by atoms with Crippen LogP contribution in [0, 0.1) is 30.1 Å². The van der Waals surface area contributed by atoms with Crippen LogP contribution in [0.25, 0.3) is 0 Å². The van der Waals surface area contributed by atoms with Crippen molar-refractivity contribution in [3.8, 4) is 12.3 Å². The Balaban J connectivity index is 1.60. The summed E-state index contributed by atoms with van der Waals surface area (Å²) >= 11 is 0. The van der Waals surface area contributed by atoms with Crippen LogP contribution in [0.4, 0.5) is 4.79 Å². The molecular formula is C46H70N3O10+. The number of carbonyl (C=O) groups is 4. The number of unbranched alkanes of at least 4 members (excludes halogenated alkanes) is 3. The molecule has 0 aliphatic carbocycles. The van der Waals surface area contributed by atoms with E-state index in [2.05, 4.69) is 19.5 Å². The minimum Gasteiger partial charge on any atom is -0.457 e. The molecule has 9 atom stereocenters. The zero-order valence-electron chi connectivity index (χ0n) is 36.1. The second-order valence-corrected chi connectivity index (χ2v) is 17.2. The molecule has 0 aromatic heterocycles. The molecule has 3 heterocycles. The summed E-state index contributed by atoms with van der Waals surface area (Å²) in [5, 5.41) is 41.8. The molecule has 3 rings (SSSR count). The van der Waals surface area contributed by atoms with Crippen molar-refractivity contribution >= 4 is 23.8 Å². The fourth-order valence-electron chi connectivity index (χ4n) is 7.75. The standard InChI is InChI=1S/C46H70N3O10/c1-9-37(38(51)10-2)35(6)39(52)31-46(7,57)23-15-16-33(4)44-34(5)18-20-40(32(3)17-19-36(50)30-43(55)59-44)58-45(56)47-25-28-49(8,29-26-47)27-14-12-11-13-24-48-41(53)21-22-42(48)54/h1,15-16,18,20-23,34-38,40-41,44,50-51,53,57H,3,10-14,17,19,24-31H2,2,4-8H3/q+1/b20-18+,23-15+,33-16+/t34-,35+,36?,37-,38-,40-,41?,44+,46-/m0/s1. The molecule has 13 heteroatoms. The number of carbonyl (C=O) groups excluding carboxylic acids is 4. The molecule has 2 unspecified atom stereocenters. The number of aliphatic hydroxyl groups excluding tert-OH is 3. The van der Waals surface area contributed by atoms with Gasteiger partial charge in [0, 0.05) is 30.9 Å². The summed E-state index contributed by atoms with van der Waals surface area (Å²) in [6.07, 6.45) is 16.7. The molecule has 59 heavy (non-hydrogen) atoms. The molecule has 328 valence electrons. The van der Waals surface area contributed by atoms with Gasteiger partial charge in [-0.2, -0.15) is 0 Å². The highest BCUT2D eigenvalue weighted by atomic mass is 16.6. The lowest BCUT2D eigenvalue weighted by molar-refractivity contribution is -0.913. The van der Waals surface area contributed by atoms with E-state index in [0.29, 0.717) is 43.6 Å². The summed E-state index contributed by atoms with van der Waals surface area (Å²) in [7, 11) is 2.20. The van der Waals surface area contributed by atoms with E-state index in [1.165, 1.54) is 30.1 Å². The zero-order chi connectivity index (χ0) is 43.9. The summed E-state index contributed by atoms with van der Waals surface area (Å²) in [6, 6.07) is 0. The molecule has 1 saturated heterocycles. The molecule has 0 aromatic rings. The number of Topliss-reactive ketones (excluding diaryl/α,β-unsaturated/α-hetero) is 1. The largest absolute Gasteiger partial charge is 0.457 e. The first-order valence-corrected chi connectivity index (χ1v) is 21.2. The Hall–Kier alpha value is -4.06. The number of nitrogens with zero attached hydrogens (tertiary/aromatic N) is 3. The van der Waals surface area contributed by atoms with Crippen molar-refractivity contribution < 1.29 is 53.6 Å². The molecule has 3 aliphatic rings. The molecule has 0 saturated carbocycles. The van der Waals surface area contributed by atoms with Crippen LogP contribution in [0.3, 0.4) is 0 Å². The van der Waals surface area contributed by atoms with Crippen molar-refractivity contribution in [1.29, 1.82) is 0 Å². The molecule has 0 radical (unpaired) electrons. The number of hydrogen-bond donors (Lipinski definition) is 4. The molecule has 0 spiro atoms. The van der Waals surface area contributed by atoms with Crippen LogP contribution >= 0.6 is 0 Å². The molecule has 13 nitrogen and oxygen atoms in total. The first-order chi connectivity index (χ1) is 27.8. The predicted molar refractivity (Wildman–Crippen MR) is 226 cm³/mol. The Labute approximate surface area is 351 Å². The van der Waals surface area contributed by atoms with Gasteiger partial charge in [-0.3, -0.25) is 19.3 Å². The van der Waals surface area contributed by atoms with Gasteiger partial charge < -0.3 is 39.3 Å². The summed E-state index contributed by atoms with van der Waals surface area (Å²) in [5.74, 6) is -0.167. The summed E-state index contributed by atoms with van der Waals surface area (Å²) in [5.41, 5.74) is -0.268. The van der Waals surface area contributed by atoms with Gasteiger partial charge in [-0.15, -0.1) is 6.42 Å². The number of aliphatic hydroxyl groups is 4. The van der Waals surface area contributed by atoms with Gasteiger partial charge in [0.2, 0.25) is 5.91 Å². The van der Waals surface area contributed by atoms with Crippen LogP contribution in [0.15, 0.2) is 60.3 Å². The number of quaternary nitrogens is 1. The number of amides is 2. The Bertz CT molecular complexity index is 1620. The first kappa shape index (κ1) is 49.3. The van der Waals surface area contributed by atoms with E-state index < -0.39 is 60.1 Å². The van der Waals surface area contributed by atoms with E-state index in [1.54, 1.807) is 43.9 Å². The fourth-order valence-corrected chi connectivity index (χ4v) is 7.75. The number of ether oxygens (including phenoxy) is 2. The smallest absolute Gasteiger partial charge is 0.411 e. The number of cyclic esters (lactones) is 1. The SMILES string of the molecule is C#C[C@H]([C@@H](O)CC)[C@@H](C)C(=O)C[C@@](C)(O)/C=C/C=C(\C)[C@H]1OC(=O)CC(O)CCC(=C)[C@@H](OC(=O)N2CC[N+](C)(CCCCCCN3C(=O)C=CC3O)CC2)/C=C/[C@@H]1C. The Morgan fingerprint density at radius 3 is 2.46 bits per heavy atom. The lowest BCUT2D eigenvalue weighted by atomic mass is 9.82. The summed E-state index contributed by atoms with van der Waals surface area (Å²) in [4.78, 5) is 54.4. The van der Waals surface area contributed by atoms with Crippen molar-refractivity contribution in [2.75, 3.05) is 46.3 Å². The molecule has 1 fully saturated rings. The maximum absolute atomic E-state index is 13.5. The van der Waals surface area contributed by atoms with Gasteiger partial charge in [-0.25, -0.2) is 4.79 Å². The quantitative estimate of drug-likeness (QED) is 0.0406. The monoisotopic (exact) mass is 825 g/mol. The van der Waals surface area contributed by atoms with Crippen LogP contribution in [0.2, 0.25) is 0 Å². The minimum atomic E-state index is -1.51. The maximum atomic E-state index is 13.5. The second-order valence-electron chi connectivity index (χ2n) is 17.2. The number of hydrogen-bond acceptors (Lipinski definition) is 10. The molecular weight excluding hydrogens is 755 g/mol. The number of likely N-dealkylation sites (N-methyl/N-ethyl adjacent to an activating group) is 1. The van der Waals surface area contributed by atoms with E-state index in [1.807, 2.05) is 13.0 Å². The van der Waals surface area contributed by atoms with E-state index in [-0.39, 0.29) is 36.9 Å². The van der Waals surface area contributed by atoms with Crippen molar-refractivity contribution in [3.05, 3.63) is 60.3 Å². The van der Waals surface area contributed by atoms with Gasteiger partial charge in [0.1, 0.15) is 24.2 Å². The topological polar surface area (TPSA) is 174 Å². The fraction of sp³-hybridized carbons (Fsp3) is 0.652. The van der Waals surface area contributed by atoms with Crippen LogP contribution in [-0.2, 0) is 23.9 Å². The van der Waals surface area contributed by atoms with Crippen molar-refractivity contribution in [1.82, 2.24) is 9.80 Å². The third-order valence-corrected chi connectivity index (χ3v) is 12.0. The molecule has 2 amide bonds. The highest BCUT2D eigenvalue weighted by Crippen LogP contribution is 2.26. The molecule has 4 N–H and O–H groups in total. The number of esters is 1. The minimum absolute atomic E-state index is 0.145. The Morgan fingerprint density at radius 1 is 1.15 bits per heavy atom. The van der Waals surface area contributed by atoms with Gasteiger partial charge >= 0.3 is 12.1 Å². The first-order valence-electron chi connectivity index (χ1n) is 21.2. The van der Waals surface area contributed by atoms with Crippen molar-refractivity contribution in [3.63, 3.8) is 0 Å². The number of allylic oxidation sites excluding steroid dienone is 2. The van der Waals surface area contributed by atoms with E-state index in [4.69, 9.17) is 15.9 Å². The van der Waals surface area contributed by atoms with Crippen LogP contribution in [-0.4, -0.2) is 141 Å². The summed E-state index contributed by atoms with van der Waals surface area (Å²) < 4.78 is 12.8. The Kier molecular flexibility index (Phi) is 19.3. The van der Waals surface area contributed by atoms with Crippen LogP contribution in [0.1, 0.15) is 92.4 Å². The molecule has 0 bridgehead atoms. The highest BCUT2D eigenvalue weighted by Gasteiger charge is 2.34. The normalized spacial score (nSPS) is 27.5. The van der Waals surface area contributed by atoms with E-state index >= 15 is 0 Å². The third kappa shape index (κ3) is 15.5. The average Bonchev–Trinajstić information content (AvgIpc) is 3.50. The van der Waals surface area contributed by atoms with Gasteiger partial charge in [-0.1, -0.05) is 64.0 Å². The van der Waals surface area contributed by atoms with E-state index in [0.717, 1.165) is 49.8 Å². The number of terminal acetylenes is 1. The van der Waals surface area contributed by atoms with Crippen molar-refractivity contribution in [2.45, 2.75) is 129 Å². The number of piperazine rings is 1. The lowest BCUT2D eigenvalue weighted by Gasteiger charge is -2.42. The van der Waals surface area contributed by atoms with Gasteiger partial charge in [0.15, 0.2) is 0 Å². The number of ketones is 1. The van der Waals surface area contributed by atoms with Gasteiger partial charge in [-0.05, 0) is 75.7 Å². The average molecular weight is 825 g/mol. The van der Waals surface area contributed by atoms with Crippen molar-refractivity contribution in [2.24, 2.45) is 17.8 Å². The predicted octanol–water partition coefficient (Wildman–Crippen LogP) is 4.61. The van der Waals surface area contributed by atoms with E-state index in [9.17, 15) is 39.6 Å². The third-order valence-electron chi connectivity index (χ3n) is 12.0. The molecule has 3 aliphatic heterocycles.